The molecule has 90 valence electrons. The predicted octanol–water partition coefficient (Wildman–Crippen LogP) is 1.57. The zero-order valence-corrected chi connectivity index (χ0v) is 10.2. The lowest BCUT2D eigenvalue weighted by atomic mass is 10.1. The zero-order valence-electron chi connectivity index (χ0n) is 10.2. The predicted molar refractivity (Wildman–Crippen MR) is 61.4 cm³/mol. The Labute approximate surface area is 92.9 Å². The highest BCUT2D eigenvalue weighted by Crippen LogP contribution is 2.08. The van der Waals surface area contributed by atoms with E-state index in [-0.39, 0.29) is 12.5 Å². The number of amides is 1. The molecule has 1 aliphatic rings. The quantitative estimate of drug-likeness (QED) is 0.573. The Morgan fingerprint density at radius 1 is 1.27 bits per heavy atom. The van der Waals surface area contributed by atoms with Crippen LogP contribution in [0.2, 0.25) is 0 Å². The van der Waals surface area contributed by atoms with Gasteiger partial charge < -0.3 is 4.90 Å². The second-order valence-electron chi connectivity index (χ2n) is 3.23. The molecule has 4 heteroatoms. The number of hydrogen-bond acceptors (Lipinski definition) is 3. The van der Waals surface area contributed by atoms with Crippen molar-refractivity contribution >= 4 is 5.91 Å². The molecule has 0 aromatic carbocycles. The molecule has 1 fully saturated rings. The molecule has 1 rings (SSSR count). The van der Waals surface area contributed by atoms with E-state index >= 15 is 0 Å². The van der Waals surface area contributed by atoms with Gasteiger partial charge >= 0.3 is 0 Å². The summed E-state index contributed by atoms with van der Waals surface area (Å²) in [6.07, 6.45) is 3.51. The second kappa shape index (κ2) is 9.93. The summed E-state index contributed by atoms with van der Waals surface area (Å²) in [6, 6.07) is 0. The zero-order chi connectivity index (χ0) is 11.5. The first kappa shape index (κ1) is 14.4. The van der Waals surface area contributed by atoms with Crippen molar-refractivity contribution in [2.75, 3.05) is 26.2 Å². The van der Waals surface area contributed by atoms with Crippen LogP contribution in [0.3, 0.4) is 0 Å². The summed E-state index contributed by atoms with van der Waals surface area (Å²) in [5.41, 5.74) is 2.67. The number of carbonyl (C=O) groups excluding carboxylic acids is 1. The average molecular weight is 216 g/mol. The van der Waals surface area contributed by atoms with Gasteiger partial charge in [0.25, 0.3) is 5.91 Å². The van der Waals surface area contributed by atoms with Crippen LogP contribution < -0.4 is 5.48 Å². The summed E-state index contributed by atoms with van der Waals surface area (Å²) >= 11 is 0. The van der Waals surface area contributed by atoms with Crippen LogP contribution in [-0.4, -0.2) is 37.0 Å². The fraction of sp³-hybridized carbons (Fsp3) is 0.909. The maximum Gasteiger partial charge on any atom is 0.250 e. The van der Waals surface area contributed by atoms with E-state index in [4.69, 9.17) is 4.84 Å². The maximum absolute atomic E-state index is 11.4. The van der Waals surface area contributed by atoms with Crippen molar-refractivity contribution in [1.29, 1.82) is 0 Å². The molecule has 1 N–H and O–H groups in total. The largest absolute Gasteiger partial charge is 0.341 e. The van der Waals surface area contributed by atoms with Crippen molar-refractivity contribution < 1.29 is 9.63 Å². The number of nitrogens with one attached hydrogen (secondary N) is 1. The highest BCUT2D eigenvalue weighted by molar-refractivity contribution is 5.77. The smallest absolute Gasteiger partial charge is 0.250 e. The van der Waals surface area contributed by atoms with Crippen molar-refractivity contribution in [3.63, 3.8) is 0 Å². The third-order valence-corrected chi connectivity index (χ3v) is 2.15. The number of hydrogen-bond donors (Lipinski definition) is 1. The maximum atomic E-state index is 11.4. The Morgan fingerprint density at radius 3 is 2.40 bits per heavy atom. The normalized spacial score (nSPS) is 15.5. The summed E-state index contributed by atoms with van der Waals surface area (Å²) in [5.74, 6) is 0.0978. The van der Waals surface area contributed by atoms with Crippen LogP contribution in [0.5, 0.6) is 0 Å². The Bertz CT molecular complexity index is 157. The van der Waals surface area contributed by atoms with Crippen LogP contribution >= 0.6 is 0 Å². The molecule has 4 nitrogen and oxygen atoms in total. The minimum absolute atomic E-state index is 0.0978. The molecular formula is C11H24N2O2. The molecule has 1 amide bonds. The Kier molecular flexibility index (Phi) is 9.52. The van der Waals surface area contributed by atoms with Crippen LogP contribution in [0.4, 0.5) is 0 Å². The lowest BCUT2D eigenvalue weighted by Gasteiger charge is -2.26. The molecule has 0 atom stereocenters. The Hall–Kier alpha value is -0.610. The summed E-state index contributed by atoms with van der Waals surface area (Å²) in [5, 5.41) is 0. The van der Waals surface area contributed by atoms with Gasteiger partial charge in [-0.05, 0) is 19.3 Å². The van der Waals surface area contributed by atoms with Crippen LogP contribution in [0.15, 0.2) is 0 Å². The monoisotopic (exact) mass is 216 g/mol. The van der Waals surface area contributed by atoms with E-state index in [1.165, 1.54) is 6.42 Å². The van der Waals surface area contributed by atoms with E-state index in [1.54, 1.807) is 0 Å². The fourth-order valence-electron chi connectivity index (χ4n) is 1.45. The van der Waals surface area contributed by atoms with Gasteiger partial charge in [-0.2, -0.15) is 0 Å². The molecule has 1 aliphatic heterocycles. The topological polar surface area (TPSA) is 41.6 Å². The average Bonchev–Trinajstić information content (AvgIpc) is 2.33. The summed E-state index contributed by atoms with van der Waals surface area (Å²) < 4.78 is 0. The molecule has 0 aromatic heterocycles. The van der Waals surface area contributed by atoms with Crippen molar-refractivity contribution in [3.8, 4) is 0 Å². The third kappa shape index (κ3) is 6.47. The van der Waals surface area contributed by atoms with Gasteiger partial charge in [0.1, 0.15) is 6.61 Å². The van der Waals surface area contributed by atoms with Crippen LogP contribution in [0.1, 0.15) is 40.0 Å². The van der Waals surface area contributed by atoms with E-state index in [0.29, 0.717) is 0 Å². The van der Waals surface area contributed by atoms with Gasteiger partial charge in [-0.25, -0.2) is 5.48 Å². The molecule has 0 unspecified atom stereocenters. The van der Waals surface area contributed by atoms with Crippen LogP contribution in [0, 0.1) is 0 Å². The first-order valence-corrected chi connectivity index (χ1v) is 5.97. The van der Waals surface area contributed by atoms with Gasteiger partial charge in [-0.1, -0.05) is 20.8 Å². The summed E-state index contributed by atoms with van der Waals surface area (Å²) in [6.45, 7) is 8.62. The summed E-state index contributed by atoms with van der Waals surface area (Å²) in [4.78, 5) is 18.3. The molecule has 0 bridgehead atoms. The number of likely N-dealkylation sites (tertiary alicyclic amines) is 1. The molecular weight excluding hydrogens is 192 g/mol. The van der Waals surface area contributed by atoms with Crippen molar-refractivity contribution in [2.24, 2.45) is 0 Å². The number of nitrogens with zero attached hydrogens (tertiary/aromatic N) is 1. The molecule has 1 heterocycles. The van der Waals surface area contributed by atoms with Gasteiger partial charge in [-0.15, -0.1) is 0 Å². The van der Waals surface area contributed by atoms with Gasteiger partial charge in [0.05, 0.1) is 0 Å². The van der Waals surface area contributed by atoms with Crippen LogP contribution in [-0.2, 0) is 9.63 Å². The van der Waals surface area contributed by atoms with E-state index in [9.17, 15) is 4.79 Å². The molecule has 0 saturated carbocycles. The molecule has 0 aromatic rings. The van der Waals surface area contributed by atoms with Crippen molar-refractivity contribution in [1.82, 2.24) is 10.4 Å². The van der Waals surface area contributed by atoms with E-state index < -0.39 is 0 Å². The highest BCUT2D eigenvalue weighted by atomic mass is 16.6. The van der Waals surface area contributed by atoms with Gasteiger partial charge in [0.15, 0.2) is 0 Å². The van der Waals surface area contributed by atoms with Crippen molar-refractivity contribution in [3.05, 3.63) is 0 Å². The minimum atomic E-state index is 0.0978. The first-order valence-electron chi connectivity index (χ1n) is 5.97. The summed E-state index contributed by atoms with van der Waals surface area (Å²) in [7, 11) is 0. The van der Waals surface area contributed by atoms with E-state index in [1.807, 2.05) is 25.7 Å². The number of rotatable bonds is 4. The lowest BCUT2D eigenvalue weighted by molar-refractivity contribution is -0.139. The lowest BCUT2D eigenvalue weighted by Crippen LogP contribution is -2.39. The van der Waals surface area contributed by atoms with Gasteiger partial charge in [0.2, 0.25) is 0 Å². The van der Waals surface area contributed by atoms with Crippen molar-refractivity contribution in [2.45, 2.75) is 40.0 Å². The number of hydroxylamine groups is 1. The van der Waals surface area contributed by atoms with Gasteiger partial charge in [0, 0.05) is 19.6 Å². The SMILES string of the molecule is CC.CCNOCC(=O)N1CCCCC1. The molecule has 1 saturated heterocycles. The van der Waals surface area contributed by atoms with E-state index in [2.05, 4.69) is 5.48 Å². The molecule has 0 radical (unpaired) electrons. The molecule has 0 spiro atoms. The van der Waals surface area contributed by atoms with Crippen LogP contribution in [0.25, 0.3) is 0 Å². The Balaban J connectivity index is 0.000000921. The Morgan fingerprint density at radius 2 is 1.87 bits per heavy atom. The number of carbonyl (C=O) groups is 1. The number of piperidine rings is 1. The second-order valence-corrected chi connectivity index (χ2v) is 3.23. The first-order chi connectivity index (χ1) is 7.34. The molecule has 15 heavy (non-hydrogen) atoms. The minimum Gasteiger partial charge on any atom is -0.341 e. The standard InChI is InChI=1S/C9H18N2O2.C2H6/c1-2-10-13-8-9(12)11-6-4-3-5-7-11;1-2/h10H,2-8H2,1H3;1-2H3. The third-order valence-electron chi connectivity index (χ3n) is 2.15. The highest BCUT2D eigenvalue weighted by Gasteiger charge is 2.15. The van der Waals surface area contributed by atoms with Gasteiger partial charge in [-0.3, -0.25) is 9.63 Å². The molecule has 0 aliphatic carbocycles. The van der Waals surface area contributed by atoms with E-state index in [0.717, 1.165) is 32.5 Å². The fourth-order valence-corrected chi connectivity index (χ4v) is 1.45.